The van der Waals surface area contributed by atoms with Gasteiger partial charge in [-0.25, -0.2) is 0 Å². The highest BCUT2D eigenvalue weighted by molar-refractivity contribution is 5.15. The number of hydrogen-bond acceptors (Lipinski definition) is 2. The number of nitrogens with zero attached hydrogens (tertiary/aromatic N) is 1. The molecule has 0 aliphatic heterocycles. The third kappa shape index (κ3) is 1.87. The quantitative estimate of drug-likeness (QED) is 0.796. The van der Waals surface area contributed by atoms with E-state index in [9.17, 15) is 4.79 Å². The normalized spacial score (nSPS) is 12.9. The summed E-state index contributed by atoms with van der Waals surface area (Å²) in [6.45, 7) is 5.78. The third-order valence-electron chi connectivity index (χ3n) is 2.60. The summed E-state index contributed by atoms with van der Waals surface area (Å²) in [6, 6.07) is 3.75. The zero-order chi connectivity index (χ0) is 10.7. The SMILES string of the molecule is CCC(C)n1c(C)ccc(CO)c1=O. The van der Waals surface area contributed by atoms with E-state index >= 15 is 0 Å². The molecule has 1 heterocycles. The molecule has 0 fully saturated rings. The van der Waals surface area contributed by atoms with Gasteiger partial charge in [0, 0.05) is 17.3 Å². The van der Waals surface area contributed by atoms with Crippen LogP contribution in [-0.4, -0.2) is 9.67 Å². The Morgan fingerprint density at radius 3 is 2.64 bits per heavy atom. The summed E-state index contributed by atoms with van der Waals surface area (Å²) < 4.78 is 1.74. The van der Waals surface area contributed by atoms with Crippen LogP contribution in [0.15, 0.2) is 16.9 Å². The maximum Gasteiger partial charge on any atom is 0.256 e. The van der Waals surface area contributed by atoms with E-state index in [0.29, 0.717) is 5.56 Å². The van der Waals surface area contributed by atoms with Crippen LogP contribution in [0.1, 0.15) is 37.6 Å². The Labute approximate surface area is 84.0 Å². The summed E-state index contributed by atoms with van der Waals surface area (Å²) in [5.74, 6) is 0. The molecule has 0 saturated heterocycles. The van der Waals surface area contributed by atoms with E-state index in [0.717, 1.165) is 12.1 Å². The van der Waals surface area contributed by atoms with Crippen molar-refractivity contribution in [2.45, 2.75) is 39.8 Å². The number of aryl methyl sites for hydroxylation is 1. The summed E-state index contributed by atoms with van der Waals surface area (Å²) in [7, 11) is 0. The van der Waals surface area contributed by atoms with Crippen LogP contribution in [-0.2, 0) is 6.61 Å². The average molecular weight is 195 g/mol. The van der Waals surface area contributed by atoms with Crippen LogP contribution < -0.4 is 5.56 Å². The molecule has 1 aromatic heterocycles. The lowest BCUT2D eigenvalue weighted by Crippen LogP contribution is -2.27. The topological polar surface area (TPSA) is 42.2 Å². The molecule has 78 valence electrons. The summed E-state index contributed by atoms with van der Waals surface area (Å²) in [4.78, 5) is 11.8. The Hall–Kier alpha value is -1.09. The number of aliphatic hydroxyl groups excluding tert-OH is 1. The first kappa shape index (κ1) is 11.0. The van der Waals surface area contributed by atoms with E-state index in [4.69, 9.17) is 5.11 Å². The molecule has 0 spiro atoms. The van der Waals surface area contributed by atoms with Crippen molar-refractivity contribution in [3.8, 4) is 0 Å². The fourth-order valence-electron chi connectivity index (χ4n) is 1.54. The fourth-order valence-corrected chi connectivity index (χ4v) is 1.54. The molecule has 1 aromatic rings. The van der Waals surface area contributed by atoms with Crippen LogP contribution in [0, 0.1) is 6.92 Å². The first-order chi connectivity index (χ1) is 6.61. The molecule has 1 atom stereocenters. The summed E-state index contributed by atoms with van der Waals surface area (Å²) in [5.41, 5.74) is 1.35. The molecule has 14 heavy (non-hydrogen) atoms. The highest BCUT2D eigenvalue weighted by Gasteiger charge is 2.09. The number of pyridine rings is 1. The molecule has 1 rings (SSSR count). The van der Waals surface area contributed by atoms with Crippen molar-refractivity contribution in [3.05, 3.63) is 33.7 Å². The third-order valence-corrected chi connectivity index (χ3v) is 2.60. The molecule has 0 aromatic carbocycles. The van der Waals surface area contributed by atoms with Gasteiger partial charge < -0.3 is 9.67 Å². The number of rotatable bonds is 3. The first-order valence-corrected chi connectivity index (χ1v) is 4.93. The monoisotopic (exact) mass is 195 g/mol. The van der Waals surface area contributed by atoms with Gasteiger partial charge in [0.05, 0.1) is 6.61 Å². The molecular formula is C11H17NO2. The van der Waals surface area contributed by atoms with Crippen molar-refractivity contribution in [3.63, 3.8) is 0 Å². The van der Waals surface area contributed by atoms with Crippen LogP contribution in [0.5, 0.6) is 0 Å². The molecule has 0 saturated carbocycles. The van der Waals surface area contributed by atoms with Crippen molar-refractivity contribution >= 4 is 0 Å². The highest BCUT2D eigenvalue weighted by Crippen LogP contribution is 2.10. The lowest BCUT2D eigenvalue weighted by molar-refractivity contribution is 0.278. The molecular weight excluding hydrogens is 178 g/mol. The zero-order valence-corrected chi connectivity index (χ0v) is 8.95. The Balaban J connectivity index is 3.33. The van der Waals surface area contributed by atoms with Crippen molar-refractivity contribution in [2.75, 3.05) is 0 Å². The van der Waals surface area contributed by atoms with Gasteiger partial charge in [-0.1, -0.05) is 6.92 Å². The van der Waals surface area contributed by atoms with Crippen molar-refractivity contribution < 1.29 is 5.11 Å². The average Bonchev–Trinajstić information content (AvgIpc) is 2.18. The molecule has 0 aliphatic carbocycles. The van der Waals surface area contributed by atoms with Crippen molar-refractivity contribution in [2.24, 2.45) is 0 Å². The number of aromatic nitrogens is 1. The Bertz CT molecular complexity index is 368. The second-order valence-corrected chi connectivity index (χ2v) is 3.59. The molecule has 0 radical (unpaired) electrons. The molecule has 0 amide bonds. The molecule has 0 bridgehead atoms. The summed E-state index contributed by atoms with van der Waals surface area (Å²) >= 11 is 0. The van der Waals surface area contributed by atoms with Gasteiger partial charge in [0.15, 0.2) is 0 Å². The van der Waals surface area contributed by atoms with Gasteiger partial charge in [-0.3, -0.25) is 4.79 Å². The van der Waals surface area contributed by atoms with E-state index < -0.39 is 0 Å². The Morgan fingerprint density at radius 1 is 1.50 bits per heavy atom. The Kier molecular flexibility index (Phi) is 3.47. The second-order valence-electron chi connectivity index (χ2n) is 3.59. The Morgan fingerprint density at radius 2 is 2.14 bits per heavy atom. The minimum atomic E-state index is -0.185. The molecule has 0 aliphatic rings. The maximum atomic E-state index is 11.8. The maximum absolute atomic E-state index is 11.8. The lowest BCUT2D eigenvalue weighted by Gasteiger charge is -2.17. The van der Waals surface area contributed by atoms with Gasteiger partial charge in [0.1, 0.15) is 0 Å². The minimum Gasteiger partial charge on any atom is -0.391 e. The van der Waals surface area contributed by atoms with Gasteiger partial charge in [0.25, 0.3) is 5.56 Å². The van der Waals surface area contributed by atoms with Crippen molar-refractivity contribution in [1.29, 1.82) is 0 Å². The number of hydrogen-bond donors (Lipinski definition) is 1. The number of aliphatic hydroxyl groups is 1. The fraction of sp³-hybridized carbons (Fsp3) is 0.545. The molecule has 1 N–H and O–H groups in total. The van der Waals surface area contributed by atoms with Gasteiger partial charge in [-0.05, 0) is 32.4 Å². The highest BCUT2D eigenvalue weighted by atomic mass is 16.3. The second kappa shape index (κ2) is 4.42. The largest absolute Gasteiger partial charge is 0.391 e. The van der Waals surface area contributed by atoms with Gasteiger partial charge in [-0.15, -0.1) is 0 Å². The van der Waals surface area contributed by atoms with Crippen LogP contribution in [0.4, 0.5) is 0 Å². The minimum absolute atomic E-state index is 0.0677. The standard InChI is InChI=1S/C11H17NO2/c1-4-8(2)12-9(3)5-6-10(7-13)11(12)14/h5-6,8,13H,4,7H2,1-3H3. The van der Waals surface area contributed by atoms with E-state index in [1.807, 2.05) is 26.8 Å². The van der Waals surface area contributed by atoms with E-state index in [1.165, 1.54) is 0 Å². The predicted molar refractivity (Wildman–Crippen MR) is 56.4 cm³/mol. The van der Waals surface area contributed by atoms with Crippen LogP contribution in [0.3, 0.4) is 0 Å². The lowest BCUT2D eigenvalue weighted by atomic mass is 10.2. The zero-order valence-electron chi connectivity index (χ0n) is 8.95. The van der Waals surface area contributed by atoms with Gasteiger partial charge in [0.2, 0.25) is 0 Å². The smallest absolute Gasteiger partial charge is 0.256 e. The first-order valence-electron chi connectivity index (χ1n) is 4.93. The van der Waals surface area contributed by atoms with Gasteiger partial charge >= 0.3 is 0 Å². The van der Waals surface area contributed by atoms with E-state index in [1.54, 1.807) is 10.6 Å². The summed E-state index contributed by atoms with van der Waals surface area (Å²) in [6.07, 6.45) is 0.912. The van der Waals surface area contributed by atoms with Crippen LogP contribution in [0.25, 0.3) is 0 Å². The predicted octanol–water partition coefficient (Wildman–Crippen LogP) is 1.62. The van der Waals surface area contributed by atoms with E-state index in [-0.39, 0.29) is 18.2 Å². The summed E-state index contributed by atoms with van der Waals surface area (Å²) in [5, 5.41) is 8.97. The van der Waals surface area contributed by atoms with Crippen LogP contribution in [0.2, 0.25) is 0 Å². The molecule has 3 heteroatoms. The molecule has 3 nitrogen and oxygen atoms in total. The van der Waals surface area contributed by atoms with Crippen molar-refractivity contribution in [1.82, 2.24) is 4.57 Å². The molecule has 1 unspecified atom stereocenters. The van der Waals surface area contributed by atoms with Crippen LogP contribution >= 0.6 is 0 Å². The van der Waals surface area contributed by atoms with E-state index in [2.05, 4.69) is 0 Å². The van der Waals surface area contributed by atoms with Gasteiger partial charge in [-0.2, -0.15) is 0 Å².